The fourth-order valence-electron chi connectivity index (χ4n) is 2.15. The molecule has 0 amide bonds. The Labute approximate surface area is 109 Å². The van der Waals surface area contributed by atoms with Gasteiger partial charge in [0.25, 0.3) is 0 Å². The van der Waals surface area contributed by atoms with Crippen LogP contribution in [0, 0.1) is 5.82 Å². The zero-order valence-electron chi connectivity index (χ0n) is 9.50. The number of nitrogens with zero attached hydrogens (tertiary/aromatic N) is 1. The molecule has 0 bridgehead atoms. The molecule has 2 rings (SSSR count). The van der Waals surface area contributed by atoms with Crippen LogP contribution >= 0.6 is 15.9 Å². The molecule has 1 saturated heterocycles. The molecular weight excluding hydrogens is 287 g/mol. The van der Waals surface area contributed by atoms with Crippen molar-refractivity contribution in [3.63, 3.8) is 0 Å². The minimum Gasteiger partial charge on any atom is -0.394 e. The standard InChI is InChI=1S/C12H16BrFN2O/c13-10-2-1-9(7-11(10)14)12(8-17)16-5-3-15-4-6-16/h1-2,7,12,15,17H,3-6,8H2/t12-/m1/s1. The van der Waals surface area contributed by atoms with E-state index in [0.717, 1.165) is 31.7 Å². The Kier molecular flexibility index (Phi) is 4.50. The molecule has 1 aromatic rings. The molecular formula is C12H16BrFN2O. The molecule has 0 unspecified atom stereocenters. The van der Waals surface area contributed by atoms with Crippen LogP contribution in [-0.4, -0.2) is 42.8 Å². The highest BCUT2D eigenvalue weighted by Gasteiger charge is 2.21. The van der Waals surface area contributed by atoms with Gasteiger partial charge in [-0.2, -0.15) is 0 Å². The van der Waals surface area contributed by atoms with Gasteiger partial charge in [0.1, 0.15) is 5.82 Å². The first-order chi connectivity index (χ1) is 8.22. The number of aliphatic hydroxyl groups excluding tert-OH is 1. The van der Waals surface area contributed by atoms with E-state index in [0.29, 0.717) is 4.47 Å². The summed E-state index contributed by atoms with van der Waals surface area (Å²) in [5, 5.41) is 12.8. The van der Waals surface area contributed by atoms with Gasteiger partial charge < -0.3 is 10.4 Å². The lowest BCUT2D eigenvalue weighted by Gasteiger charge is -2.34. The normalized spacial score (nSPS) is 19.2. The van der Waals surface area contributed by atoms with Crippen molar-refractivity contribution in [3.8, 4) is 0 Å². The van der Waals surface area contributed by atoms with Crippen molar-refractivity contribution in [1.82, 2.24) is 10.2 Å². The average Bonchev–Trinajstić information content (AvgIpc) is 2.36. The van der Waals surface area contributed by atoms with Crippen molar-refractivity contribution in [2.75, 3.05) is 32.8 Å². The van der Waals surface area contributed by atoms with Gasteiger partial charge in [-0.15, -0.1) is 0 Å². The number of rotatable bonds is 3. The van der Waals surface area contributed by atoms with Gasteiger partial charge >= 0.3 is 0 Å². The number of benzene rings is 1. The largest absolute Gasteiger partial charge is 0.394 e. The average molecular weight is 303 g/mol. The fourth-order valence-corrected chi connectivity index (χ4v) is 2.39. The van der Waals surface area contributed by atoms with Gasteiger partial charge in [0.15, 0.2) is 0 Å². The Morgan fingerprint density at radius 2 is 2.12 bits per heavy atom. The van der Waals surface area contributed by atoms with E-state index in [4.69, 9.17) is 0 Å². The Hall–Kier alpha value is -0.490. The molecule has 3 nitrogen and oxygen atoms in total. The van der Waals surface area contributed by atoms with Crippen molar-refractivity contribution >= 4 is 15.9 Å². The first-order valence-electron chi connectivity index (χ1n) is 5.73. The highest BCUT2D eigenvalue weighted by molar-refractivity contribution is 9.10. The molecule has 1 aromatic carbocycles. The predicted octanol–water partition coefficient (Wildman–Crippen LogP) is 1.53. The van der Waals surface area contributed by atoms with E-state index in [1.165, 1.54) is 6.07 Å². The number of piperazine rings is 1. The molecule has 0 saturated carbocycles. The molecule has 0 radical (unpaired) electrons. The second-order valence-corrected chi connectivity index (χ2v) is 5.01. The maximum Gasteiger partial charge on any atom is 0.137 e. The van der Waals surface area contributed by atoms with Crippen LogP contribution in [0.5, 0.6) is 0 Å². The summed E-state index contributed by atoms with van der Waals surface area (Å²) in [4.78, 5) is 2.18. The van der Waals surface area contributed by atoms with Crippen LogP contribution in [0.4, 0.5) is 4.39 Å². The molecule has 94 valence electrons. The van der Waals surface area contributed by atoms with Crippen LogP contribution in [0.15, 0.2) is 22.7 Å². The summed E-state index contributed by atoms with van der Waals surface area (Å²) in [7, 11) is 0. The van der Waals surface area contributed by atoms with E-state index in [-0.39, 0.29) is 18.5 Å². The molecule has 0 aromatic heterocycles. The lowest BCUT2D eigenvalue weighted by Crippen LogP contribution is -2.46. The van der Waals surface area contributed by atoms with E-state index in [1.54, 1.807) is 6.07 Å². The highest BCUT2D eigenvalue weighted by atomic mass is 79.9. The Morgan fingerprint density at radius 3 is 2.71 bits per heavy atom. The summed E-state index contributed by atoms with van der Waals surface area (Å²) in [6.07, 6.45) is 0. The number of aliphatic hydroxyl groups is 1. The van der Waals surface area contributed by atoms with Crippen LogP contribution in [0.25, 0.3) is 0 Å². The third kappa shape index (κ3) is 3.04. The summed E-state index contributed by atoms with van der Waals surface area (Å²) in [5.41, 5.74) is 0.829. The first kappa shape index (κ1) is 13.0. The second kappa shape index (κ2) is 5.91. The van der Waals surface area contributed by atoms with Gasteiger partial charge in [0.2, 0.25) is 0 Å². The maximum absolute atomic E-state index is 13.5. The van der Waals surface area contributed by atoms with Gasteiger partial charge in [0, 0.05) is 26.2 Å². The van der Waals surface area contributed by atoms with Crippen molar-refractivity contribution in [1.29, 1.82) is 0 Å². The summed E-state index contributed by atoms with van der Waals surface area (Å²) in [6.45, 7) is 3.60. The van der Waals surface area contributed by atoms with Crippen LogP contribution in [0.2, 0.25) is 0 Å². The predicted molar refractivity (Wildman–Crippen MR) is 68.4 cm³/mol. The summed E-state index contributed by atoms with van der Waals surface area (Å²) in [5.74, 6) is -0.281. The van der Waals surface area contributed by atoms with Crippen molar-refractivity contribution in [2.45, 2.75) is 6.04 Å². The minimum absolute atomic E-state index is 0.0150. The maximum atomic E-state index is 13.5. The molecule has 17 heavy (non-hydrogen) atoms. The number of nitrogens with one attached hydrogen (secondary N) is 1. The molecule has 5 heteroatoms. The monoisotopic (exact) mass is 302 g/mol. The summed E-state index contributed by atoms with van der Waals surface area (Å²) >= 11 is 3.14. The lowest BCUT2D eigenvalue weighted by molar-refractivity contribution is 0.110. The zero-order chi connectivity index (χ0) is 12.3. The summed E-state index contributed by atoms with van der Waals surface area (Å²) < 4.78 is 13.9. The second-order valence-electron chi connectivity index (χ2n) is 4.16. The van der Waals surface area contributed by atoms with Crippen molar-refractivity contribution < 1.29 is 9.50 Å². The number of hydrogen-bond acceptors (Lipinski definition) is 3. The Bertz CT molecular complexity index is 383. The van der Waals surface area contributed by atoms with Crippen LogP contribution < -0.4 is 5.32 Å². The molecule has 1 atom stereocenters. The van der Waals surface area contributed by atoms with Gasteiger partial charge in [-0.25, -0.2) is 4.39 Å². The van der Waals surface area contributed by atoms with Gasteiger partial charge in [-0.1, -0.05) is 6.07 Å². The smallest absolute Gasteiger partial charge is 0.137 e. The van der Waals surface area contributed by atoms with Crippen molar-refractivity contribution in [3.05, 3.63) is 34.1 Å². The highest BCUT2D eigenvalue weighted by Crippen LogP contribution is 2.24. The molecule has 1 heterocycles. The molecule has 1 aliphatic rings. The Morgan fingerprint density at radius 1 is 1.41 bits per heavy atom. The lowest BCUT2D eigenvalue weighted by atomic mass is 10.1. The van der Waals surface area contributed by atoms with Crippen LogP contribution in [0.1, 0.15) is 11.6 Å². The topological polar surface area (TPSA) is 35.5 Å². The fraction of sp³-hybridized carbons (Fsp3) is 0.500. The summed E-state index contributed by atoms with van der Waals surface area (Å²) in [6, 6.07) is 4.93. The molecule has 0 spiro atoms. The van der Waals surface area contributed by atoms with E-state index in [2.05, 4.69) is 26.1 Å². The third-order valence-corrected chi connectivity index (χ3v) is 3.74. The molecule has 0 aliphatic carbocycles. The van der Waals surface area contributed by atoms with Gasteiger partial charge in [-0.3, -0.25) is 4.90 Å². The van der Waals surface area contributed by atoms with Crippen LogP contribution in [-0.2, 0) is 0 Å². The van der Waals surface area contributed by atoms with E-state index >= 15 is 0 Å². The van der Waals surface area contributed by atoms with Gasteiger partial charge in [-0.05, 0) is 33.6 Å². The minimum atomic E-state index is -0.281. The van der Waals surface area contributed by atoms with Crippen LogP contribution in [0.3, 0.4) is 0 Å². The van der Waals surface area contributed by atoms with Crippen molar-refractivity contribution in [2.24, 2.45) is 0 Å². The van der Waals surface area contributed by atoms with Gasteiger partial charge in [0.05, 0.1) is 17.1 Å². The quantitative estimate of drug-likeness (QED) is 0.889. The third-order valence-electron chi connectivity index (χ3n) is 3.09. The molecule has 1 aliphatic heterocycles. The Balaban J connectivity index is 2.18. The van der Waals surface area contributed by atoms with E-state index < -0.39 is 0 Å². The SMILES string of the molecule is OC[C@H](c1ccc(Br)c(F)c1)N1CCNCC1. The van der Waals surface area contributed by atoms with E-state index in [9.17, 15) is 9.50 Å². The van der Waals surface area contributed by atoms with E-state index in [1.807, 2.05) is 6.07 Å². The number of hydrogen-bond donors (Lipinski definition) is 2. The molecule has 1 fully saturated rings. The zero-order valence-corrected chi connectivity index (χ0v) is 11.1. The number of halogens is 2. The molecule has 2 N–H and O–H groups in total. The first-order valence-corrected chi connectivity index (χ1v) is 6.52.